The Labute approximate surface area is 133 Å². The van der Waals surface area contributed by atoms with E-state index in [2.05, 4.69) is 69.1 Å². The van der Waals surface area contributed by atoms with Crippen molar-refractivity contribution in [3.8, 4) is 5.88 Å². The number of hydrogen-bond acceptors (Lipinski definition) is 4. The molecule has 0 radical (unpaired) electrons. The van der Waals surface area contributed by atoms with Gasteiger partial charge >= 0.3 is 0 Å². The molecule has 0 spiro atoms. The van der Waals surface area contributed by atoms with Crippen LogP contribution in [0.15, 0.2) is 36.7 Å². The summed E-state index contributed by atoms with van der Waals surface area (Å²) in [7, 11) is 1.62. The SMILES string of the molecule is CCCNC(c1ccc(I)cc1)c1nccnc1OC. The average molecular weight is 383 g/mol. The Morgan fingerprint density at radius 1 is 1.20 bits per heavy atom. The first-order chi connectivity index (χ1) is 9.76. The van der Waals surface area contributed by atoms with Gasteiger partial charge in [0.1, 0.15) is 5.69 Å². The Kier molecular flexibility index (Phi) is 5.72. The molecule has 0 aliphatic carbocycles. The molecule has 0 aliphatic heterocycles. The lowest BCUT2D eigenvalue weighted by Gasteiger charge is -2.20. The topological polar surface area (TPSA) is 47.0 Å². The van der Waals surface area contributed by atoms with Crippen LogP contribution in [0, 0.1) is 3.57 Å². The fourth-order valence-corrected chi connectivity index (χ4v) is 2.37. The predicted molar refractivity (Wildman–Crippen MR) is 87.9 cm³/mol. The zero-order valence-corrected chi connectivity index (χ0v) is 13.8. The molecule has 1 heterocycles. The highest BCUT2D eigenvalue weighted by atomic mass is 127. The minimum Gasteiger partial charge on any atom is -0.480 e. The molecule has 0 saturated heterocycles. The van der Waals surface area contributed by atoms with Gasteiger partial charge in [0.2, 0.25) is 5.88 Å². The fraction of sp³-hybridized carbons (Fsp3) is 0.333. The van der Waals surface area contributed by atoms with Crippen molar-refractivity contribution in [3.05, 3.63) is 51.5 Å². The fourth-order valence-electron chi connectivity index (χ4n) is 2.01. The molecule has 2 aromatic rings. The molecule has 0 fully saturated rings. The van der Waals surface area contributed by atoms with Gasteiger partial charge in [-0.05, 0) is 53.3 Å². The predicted octanol–water partition coefficient (Wildman–Crippen LogP) is 3.18. The quantitative estimate of drug-likeness (QED) is 0.779. The monoisotopic (exact) mass is 383 g/mol. The molecule has 0 saturated carbocycles. The molecule has 0 bridgehead atoms. The summed E-state index contributed by atoms with van der Waals surface area (Å²) < 4.78 is 6.55. The van der Waals surface area contributed by atoms with Crippen LogP contribution in [0.3, 0.4) is 0 Å². The van der Waals surface area contributed by atoms with Gasteiger partial charge < -0.3 is 10.1 Å². The third-order valence-corrected chi connectivity index (χ3v) is 3.68. The van der Waals surface area contributed by atoms with Crippen molar-refractivity contribution < 1.29 is 4.74 Å². The van der Waals surface area contributed by atoms with Crippen molar-refractivity contribution in [1.29, 1.82) is 0 Å². The van der Waals surface area contributed by atoms with Crippen molar-refractivity contribution in [1.82, 2.24) is 15.3 Å². The molecular weight excluding hydrogens is 365 g/mol. The Balaban J connectivity index is 2.38. The number of halogens is 1. The van der Waals surface area contributed by atoms with Crippen LogP contribution in [0.5, 0.6) is 5.88 Å². The van der Waals surface area contributed by atoms with E-state index >= 15 is 0 Å². The van der Waals surface area contributed by atoms with Crippen molar-refractivity contribution >= 4 is 22.6 Å². The zero-order valence-electron chi connectivity index (χ0n) is 11.6. The van der Waals surface area contributed by atoms with Gasteiger partial charge in [-0.25, -0.2) is 4.98 Å². The third-order valence-electron chi connectivity index (χ3n) is 2.96. The van der Waals surface area contributed by atoms with Crippen LogP contribution in [0.2, 0.25) is 0 Å². The lowest BCUT2D eigenvalue weighted by atomic mass is 10.0. The summed E-state index contributed by atoms with van der Waals surface area (Å²) in [6, 6.07) is 8.42. The van der Waals surface area contributed by atoms with E-state index < -0.39 is 0 Å². The molecule has 1 unspecified atom stereocenters. The highest BCUT2D eigenvalue weighted by Crippen LogP contribution is 2.26. The zero-order chi connectivity index (χ0) is 14.4. The van der Waals surface area contributed by atoms with Crippen LogP contribution in [-0.2, 0) is 0 Å². The number of nitrogens with one attached hydrogen (secondary N) is 1. The summed E-state index contributed by atoms with van der Waals surface area (Å²) in [6.07, 6.45) is 4.40. The van der Waals surface area contributed by atoms with Crippen molar-refractivity contribution in [2.75, 3.05) is 13.7 Å². The second kappa shape index (κ2) is 7.54. The highest BCUT2D eigenvalue weighted by Gasteiger charge is 2.19. The highest BCUT2D eigenvalue weighted by molar-refractivity contribution is 14.1. The number of methoxy groups -OCH3 is 1. The molecule has 0 amide bonds. The number of ether oxygens (including phenoxy) is 1. The van der Waals surface area contributed by atoms with Crippen LogP contribution in [0.1, 0.15) is 30.6 Å². The van der Waals surface area contributed by atoms with E-state index in [1.807, 2.05) is 0 Å². The van der Waals surface area contributed by atoms with Gasteiger partial charge in [0.25, 0.3) is 0 Å². The van der Waals surface area contributed by atoms with Gasteiger partial charge in [0.15, 0.2) is 0 Å². The van der Waals surface area contributed by atoms with E-state index in [0.29, 0.717) is 5.88 Å². The van der Waals surface area contributed by atoms with Gasteiger partial charge in [-0.1, -0.05) is 19.1 Å². The molecule has 5 heteroatoms. The maximum absolute atomic E-state index is 5.34. The second-order valence-corrected chi connectivity index (χ2v) is 5.64. The Hall–Kier alpha value is -1.21. The Bertz CT molecular complexity index is 545. The van der Waals surface area contributed by atoms with E-state index in [-0.39, 0.29) is 6.04 Å². The maximum atomic E-state index is 5.34. The number of hydrogen-bond donors (Lipinski definition) is 1. The van der Waals surface area contributed by atoms with Gasteiger partial charge in [-0.3, -0.25) is 4.98 Å². The van der Waals surface area contributed by atoms with E-state index in [1.165, 1.54) is 3.57 Å². The van der Waals surface area contributed by atoms with Crippen molar-refractivity contribution in [2.45, 2.75) is 19.4 Å². The van der Waals surface area contributed by atoms with Crippen LogP contribution in [0.4, 0.5) is 0 Å². The van der Waals surface area contributed by atoms with E-state index in [9.17, 15) is 0 Å². The molecule has 1 aromatic heterocycles. The molecule has 1 atom stereocenters. The summed E-state index contributed by atoms with van der Waals surface area (Å²) in [4.78, 5) is 8.69. The van der Waals surface area contributed by atoms with Crippen LogP contribution >= 0.6 is 22.6 Å². The van der Waals surface area contributed by atoms with Gasteiger partial charge in [0, 0.05) is 16.0 Å². The minimum atomic E-state index is -0.00407. The summed E-state index contributed by atoms with van der Waals surface area (Å²) >= 11 is 2.30. The summed E-state index contributed by atoms with van der Waals surface area (Å²) in [6.45, 7) is 3.06. The van der Waals surface area contributed by atoms with Crippen LogP contribution in [-0.4, -0.2) is 23.6 Å². The Morgan fingerprint density at radius 3 is 2.55 bits per heavy atom. The van der Waals surface area contributed by atoms with E-state index in [1.54, 1.807) is 19.5 Å². The first-order valence-corrected chi connectivity index (χ1v) is 7.68. The lowest BCUT2D eigenvalue weighted by Crippen LogP contribution is -2.24. The summed E-state index contributed by atoms with van der Waals surface area (Å²) in [5.74, 6) is 0.569. The molecule has 1 aromatic carbocycles. The smallest absolute Gasteiger partial charge is 0.237 e. The molecule has 1 N–H and O–H groups in total. The standard InChI is InChI=1S/C15H18IN3O/c1-3-8-17-13(11-4-6-12(16)7-5-11)14-15(20-2)19-10-9-18-14/h4-7,9-10,13,17H,3,8H2,1-2H3. The van der Waals surface area contributed by atoms with Crippen LogP contribution < -0.4 is 10.1 Å². The van der Waals surface area contributed by atoms with E-state index in [0.717, 1.165) is 24.2 Å². The number of benzene rings is 1. The second-order valence-electron chi connectivity index (χ2n) is 4.39. The number of rotatable bonds is 6. The average Bonchev–Trinajstić information content (AvgIpc) is 2.50. The lowest BCUT2D eigenvalue weighted by molar-refractivity contribution is 0.382. The van der Waals surface area contributed by atoms with Crippen molar-refractivity contribution in [2.24, 2.45) is 0 Å². The van der Waals surface area contributed by atoms with Crippen molar-refractivity contribution in [3.63, 3.8) is 0 Å². The molecule has 20 heavy (non-hydrogen) atoms. The number of aromatic nitrogens is 2. The maximum Gasteiger partial charge on any atom is 0.237 e. The van der Waals surface area contributed by atoms with E-state index in [4.69, 9.17) is 4.74 Å². The van der Waals surface area contributed by atoms with Crippen LogP contribution in [0.25, 0.3) is 0 Å². The van der Waals surface area contributed by atoms with Gasteiger partial charge in [-0.15, -0.1) is 0 Å². The molecule has 106 valence electrons. The molecule has 4 nitrogen and oxygen atoms in total. The molecule has 2 rings (SSSR count). The largest absolute Gasteiger partial charge is 0.480 e. The number of nitrogens with zero attached hydrogens (tertiary/aromatic N) is 2. The van der Waals surface area contributed by atoms with Gasteiger partial charge in [0.05, 0.1) is 13.2 Å². The normalized spacial score (nSPS) is 12.2. The summed E-state index contributed by atoms with van der Waals surface area (Å²) in [5, 5.41) is 3.51. The first-order valence-electron chi connectivity index (χ1n) is 6.60. The summed E-state index contributed by atoms with van der Waals surface area (Å²) in [5.41, 5.74) is 1.99. The first kappa shape index (κ1) is 15.2. The Morgan fingerprint density at radius 2 is 1.90 bits per heavy atom. The van der Waals surface area contributed by atoms with Gasteiger partial charge in [-0.2, -0.15) is 0 Å². The molecule has 0 aliphatic rings. The third kappa shape index (κ3) is 3.67. The minimum absolute atomic E-state index is 0.00407. The molecular formula is C15H18IN3O.